The summed E-state index contributed by atoms with van der Waals surface area (Å²) in [5, 5.41) is 0. The summed E-state index contributed by atoms with van der Waals surface area (Å²) in [4.78, 5) is 12.3. The molecule has 1 unspecified atom stereocenters. The molecule has 3 aliphatic rings. The van der Waals surface area contributed by atoms with Gasteiger partial charge in [-0.05, 0) is 73.6 Å². The number of fused-ring (bicyclic) bond motifs is 1. The largest absolute Gasteiger partial charge is 0.485 e. The first-order valence-corrected chi connectivity index (χ1v) is 11.2. The van der Waals surface area contributed by atoms with Gasteiger partial charge in [0.25, 0.3) is 0 Å². The van der Waals surface area contributed by atoms with Gasteiger partial charge in [-0.2, -0.15) is 0 Å². The Morgan fingerprint density at radius 1 is 1.13 bits per heavy atom. The lowest BCUT2D eigenvalue weighted by Gasteiger charge is -2.24. The molecular formula is C27H32O3. The number of hydrogen-bond donors (Lipinski definition) is 0. The van der Waals surface area contributed by atoms with Crippen LogP contribution in [0.4, 0.5) is 0 Å². The molecule has 1 aromatic rings. The molecule has 2 aliphatic carbocycles. The van der Waals surface area contributed by atoms with Crippen LogP contribution >= 0.6 is 0 Å². The first kappa shape index (κ1) is 20.7. The fourth-order valence-electron chi connectivity index (χ4n) is 4.70. The van der Waals surface area contributed by atoms with Gasteiger partial charge in [0.1, 0.15) is 11.9 Å². The van der Waals surface area contributed by atoms with Crippen LogP contribution in [-0.4, -0.2) is 19.2 Å². The van der Waals surface area contributed by atoms with Crippen molar-refractivity contribution in [2.24, 2.45) is 11.8 Å². The van der Waals surface area contributed by atoms with Crippen molar-refractivity contribution >= 4 is 5.97 Å². The van der Waals surface area contributed by atoms with Gasteiger partial charge in [-0.15, -0.1) is 0 Å². The molecule has 1 fully saturated rings. The van der Waals surface area contributed by atoms with Crippen LogP contribution in [0.15, 0.2) is 65.8 Å². The Labute approximate surface area is 180 Å². The van der Waals surface area contributed by atoms with Crippen LogP contribution in [0.3, 0.4) is 0 Å². The molecule has 3 heteroatoms. The van der Waals surface area contributed by atoms with Gasteiger partial charge in [-0.1, -0.05) is 61.1 Å². The Bertz CT molecular complexity index is 914. The van der Waals surface area contributed by atoms with Crippen LogP contribution < -0.4 is 4.74 Å². The number of esters is 1. The summed E-state index contributed by atoms with van der Waals surface area (Å²) >= 11 is 0. The molecule has 1 aromatic carbocycles. The second kappa shape index (κ2) is 9.07. The van der Waals surface area contributed by atoms with Gasteiger partial charge < -0.3 is 9.47 Å². The molecule has 1 aliphatic heterocycles. The summed E-state index contributed by atoms with van der Waals surface area (Å²) in [6.45, 7) is 4.11. The van der Waals surface area contributed by atoms with Crippen molar-refractivity contribution in [3.05, 3.63) is 76.9 Å². The number of methoxy groups -OCH3 is 1. The predicted octanol–water partition coefficient (Wildman–Crippen LogP) is 6.07. The van der Waals surface area contributed by atoms with E-state index in [9.17, 15) is 4.79 Å². The summed E-state index contributed by atoms with van der Waals surface area (Å²) in [7, 11) is 1.48. The fourth-order valence-corrected chi connectivity index (χ4v) is 4.70. The van der Waals surface area contributed by atoms with Gasteiger partial charge in [0, 0.05) is 0 Å². The zero-order valence-corrected chi connectivity index (χ0v) is 18.3. The lowest BCUT2D eigenvalue weighted by molar-refractivity contribution is -0.145. The minimum Gasteiger partial charge on any atom is -0.485 e. The second-order valence-electron chi connectivity index (χ2n) is 8.84. The van der Waals surface area contributed by atoms with Crippen LogP contribution in [-0.2, 0) is 16.0 Å². The Morgan fingerprint density at radius 3 is 2.70 bits per heavy atom. The molecule has 0 spiro atoms. The van der Waals surface area contributed by atoms with E-state index in [0.717, 1.165) is 25.0 Å². The number of carbonyl (C=O) groups excluding carboxylic acids is 1. The van der Waals surface area contributed by atoms with Crippen LogP contribution in [0, 0.1) is 11.8 Å². The minimum atomic E-state index is -0.140. The van der Waals surface area contributed by atoms with Gasteiger partial charge in [-0.25, -0.2) is 0 Å². The Hall–Kier alpha value is -2.55. The summed E-state index contributed by atoms with van der Waals surface area (Å²) in [5.41, 5.74) is 4.91. The topological polar surface area (TPSA) is 35.5 Å². The molecular weight excluding hydrogens is 372 g/mol. The minimum absolute atomic E-state index is 0.0469. The number of allylic oxidation sites excluding steroid dienone is 6. The van der Waals surface area contributed by atoms with Crippen LogP contribution in [0.2, 0.25) is 0 Å². The van der Waals surface area contributed by atoms with Crippen molar-refractivity contribution in [2.75, 3.05) is 7.11 Å². The molecule has 0 N–H and O–H groups in total. The highest BCUT2D eigenvalue weighted by atomic mass is 16.5. The maximum Gasteiger partial charge on any atom is 0.309 e. The number of hydrogen-bond acceptors (Lipinski definition) is 3. The van der Waals surface area contributed by atoms with E-state index in [2.05, 4.69) is 61.6 Å². The Kier molecular flexibility index (Phi) is 6.26. The van der Waals surface area contributed by atoms with Gasteiger partial charge in [0.2, 0.25) is 0 Å². The van der Waals surface area contributed by atoms with Gasteiger partial charge in [-0.3, -0.25) is 4.79 Å². The molecule has 3 atom stereocenters. The summed E-state index contributed by atoms with van der Waals surface area (Å²) in [6.07, 6.45) is 18.3. The lowest BCUT2D eigenvalue weighted by atomic mass is 9.82. The highest BCUT2D eigenvalue weighted by molar-refractivity contribution is 5.73. The Balaban J connectivity index is 1.62. The van der Waals surface area contributed by atoms with Crippen molar-refractivity contribution in [1.29, 1.82) is 0 Å². The highest BCUT2D eigenvalue weighted by Crippen LogP contribution is 2.48. The number of carbonyl (C=O) groups is 1. The average Bonchev–Trinajstić information content (AvgIpc) is 3.57. The lowest BCUT2D eigenvalue weighted by Crippen LogP contribution is -2.22. The predicted molar refractivity (Wildman–Crippen MR) is 121 cm³/mol. The molecule has 0 saturated heterocycles. The molecule has 3 nitrogen and oxygen atoms in total. The molecule has 0 radical (unpaired) electrons. The zero-order chi connectivity index (χ0) is 21.1. The number of ether oxygens (including phenoxy) is 2. The molecule has 1 heterocycles. The number of rotatable bonds is 5. The number of benzene rings is 1. The monoisotopic (exact) mass is 404 g/mol. The molecule has 30 heavy (non-hydrogen) atoms. The van der Waals surface area contributed by atoms with E-state index in [4.69, 9.17) is 9.47 Å². The third-order valence-electron chi connectivity index (χ3n) is 6.57. The molecule has 158 valence electrons. The van der Waals surface area contributed by atoms with E-state index in [1.54, 1.807) is 0 Å². The molecule has 0 aromatic heterocycles. The second-order valence-corrected chi connectivity index (χ2v) is 8.84. The molecule has 4 rings (SSSR count). The maximum atomic E-state index is 12.3. The van der Waals surface area contributed by atoms with E-state index >= 15 is 0 Å². The van der Waals surface area contributed by atoms with Crippen molar-refractivity contribution in [3.63, 3.8) is 0 Å². The highest BCUT2D eigenvalue weighted by Gasteiger charge is 2.39. The molecule has 1 saturated carbocycles. The summed E-state index contributed by atoms with van der Waals surface area (Å²) in [5.74, 6) is 1.48. The van der Waals surface area contributed by atoms with Crippen molar-refractivity contribution in [3.8, 4) is 5.75 Å². The van der Waals surface area contributed by atoms with E-state index < -0.39 is 0 Å². The normalized spacial score (nSPS) is 25.8. The molecule has 0 bridgehead atoms. The van der Waals surface area contributed by atoms with E-state index in [1.807, 2.05) is 6.92 Å². The van der Waals surface area contributed by atoms with E-state index in [1.165, 1.54) is 42.2 Å². The summed E-state index contributed by atoms with van der Waals surface area (Å²) < 4.78 is 11.7. The third-order valence-corrected chi connectivity index (χ3v) is 6.57. The van der Waals surface area contributed by atoms with Crippen LogP contribution in [0.25, 0.3) is 0 Å². The van der Waals surface area contributed by atoms with Gasteiger partial charge >= 0.3 is 5.97 Å². The van der Waals surface area contributed by atoms with E-state index in [0.29, 0.717) is 5.92 Å². The third kappa shape index (κ3) is 4.61. The molecule has 0 amide bonds. The van der Waals surface area contributed by atoms with E-state index in [-0.39, 0.29) is 23.9 Å². The Morgan fingerprint density at radius 2 is 1.93 bits per heavy atom. The van der Waals surface area contributed by atoms with Gasteiger partial charge in [0.05, 0.1) is 13.0 Å². The van der Waals surface area contributed by atoms with Crippen LogP contribution in [0.5, 0.6) is 5.75 Å². The standard InChI is InChI=1S/C27H32O3/c1-18-7-4-5-8-20(12-11-18)24-10-6-9-21-13-16-23(17-25(21)30-24)26(22-14-15-22)19(2)27(28)29-3/h4-5,7-8,11-13,16-17,19,22,24,26H,6,9-10,14-15H2,1-3H3/b5-4?,7-4-,8-5?,12-11?,18-7?,18-11-,20-8?,20-12?/t19-,24?,26-/m0/s1. The number of aryl methyl sites for hydroxylation is 1. The maximum absolute atomic E-state index is 12.3. The van der Waals surface area contributed by atoms with Crippen LogP contribution in [0.1, 0.15) is 56.6 Å². The van der Waals surface area contributed by atoms with Gasteiger partial charge in [0.15, 0.2) is 0 Å². The fraction of sp³-hybridized carbons (Fsp3) is 0.444. The van der Waals surface area contributed by atoms with Crippen molar-refractivity contribution in [2.45, 2.75) is 58.0 Å². The SMILES string of the molecule is COC(=O)[C@@H](C)[C@H](c1ccc2c(c1)OC(C1=C/C=C(C)\C=C/C=C1)CCC2)C1CC1. The average molecular weight is 405 g/mol. The smallest absolute Gasteiger partial charge is 0.309 e. The van der Waals surface area contributed by atoms with Crippen molar-refractivity contribution < 1.29 is 14.3 Å². The quantitative estimate of drug-likeness (QED) is 0.559. The first-order chi connectivity index (χ1) is 14.6. The first-order valence-electron chi connectivity index (χ1n) is 11.2. The summed E-state index contributed by atoms with van der Waals surface area (Å²) in [6, 6.07) is 6.61. The zero-order valence-electron chi connectivity index (χ0n) is 18.3. The van der Waals surface area contributed by atoms with Crippen molar-refractivity contribution in [1.82, 2.24) is 0 Å².